The molecular formula is C21H22N2O3S. The Morgan fingerprint density at radius 3 is 1.81 bits per heavy atom. The van der Waals surface area contributed by atoms with Gasteiger partial charge < -0.3 is 10.1 Å². The molecule has 0 spiro atoms. The number of anilines is 3. The first-order valence-corrected chi connectivity index (χ1v) is 10.1. The third-order valence-electron chi connectivity index (χ3n) is 3.71. The molecule has 27 heavy (non-hydrogen) atoms. The second kappa shape index (κ2) is 8.14. The van der Waals surface area contributed by atoms with Gasteiger partial charge in [0.25, 0.3) is 10.0 Å². The van der Waals surface area contributed by atoms with Crippen LogP contribution in [-0.2, 0) is 10.0 Å². The average Bonchev–Trinajstić information content (AvgIpc) is 2.65. The van der Waals surface area contributed by atoms with Crippen molar-refractivity contribution < 1.29 is 13.2 Å². The fourth-order valence-electron chi connectivity index (χ4n) is 2.49. The molecule has 6 heteroatoms. The Morgan fingerprint density at radius 1 is 0.741 bits per heavy atom. The van der Waals surface area contributed by atoms with Gasteiger partial charge in [-0.1, -0.05) is 18.2 Å². The Labute approximate surface area is 160 Å². The van der Waals surface area contributed by atoms with Crippen LogP contribution in [0.4, 0.5) is 17.1 Å². The van der Waals surface area contributed by atoms with Crippen LogP contribution in [0.2, 0.25) is 0 Å². The van der Waals surface area contributed by atoms with Gasteiger partial charge in [0.15, 0.2) is 0 Å². The van der Waals surface area contributed by atoms with E-state index in [-0.39, 0.29) is 11.0 Å². The molecule has 0 radical (unpaired) electrons. The maximum absolute atomic E-state index is 12.3. The number of nitrogens with one attached hydrogen (secondary N) is 2. The summed E-state index contributed by atoms with van der Waals surface area (Å²) in [5.41, 5.74) is 2.28. The van der Waals surface area contributed by atoms with E-state index in [0.29, 0.717) is 5.69 Å². The summed E-state index contributed by atoms with van der Waals surface area (Å²) in [5, 5.41) is 3.27. The Kier molecular flexibility index (Phi) is 5.66. The summed E-state index contributed by atoms with van der Waals surface area (Å²) < 4.78 is 32.9. The van der Waals surface area contributed by atoms with Gasteiger partial charge in [0, 0.05) is 17.1 Å². The van der Waals surface area contributed by atoms with Crippen LogP contribution in [0.25, 0.3) is 0 Å². The first-order valence-electron chi connectivity index (χ1n) is 8.64. The molecule has 3 rings (SSSR count). The standard InChI is InChI=1S/C21H22N2O3S/c1-16(2)26-20-14-12-18(13-15-20)22-17-8-10-19(11-9-17)23-27(24,25)21-6-4-3-5-7-21/h3-16,22-23H,1-2H3. The summed E-state index contributed by atoms with van der Waals surface area (Å²) in [6.07, 6.45) is 0.135. The molecule has 140 valence electrons. The van der Waals surface area contributed by atoms with Crippen molar-refractivity contribution in [1.29, 1.82) is 0 Å². The second-order valence-electron chi connectivity index (χ2n) is 6.31. The Bertz CT molecular complexity index is 968. The number of hydrogen-bond donors (Lipinski definition) is 2. The van der Waals surface area contributed by atoms with Gasteiger partial charge in [0.1, 0.15) is 5.75 Å². The fourth-order valence-corrected chi connectivity index (χ4v) is 3.57. The number of rotatable bonds is 7. The summed E-state index contributed by atoms with van der Waals surface area (Å²) in [6, 6.07) is 23.1. The van der Waals surface area contributed by atoms with Crippen molar-refractivity contribution >= 4 is 27.1 Å². The van der Waals surface area contributed by atoms with E-state index < -0.39 is 10.0 Å². The topological polar surface area (TPSA) is 67.4 Å². The maximum atomic E-state index is 12.3. The molecular weight excluding hydrogens is 360 g/mol. The molecule has 0 aliphatic rings. The maximum Gasteiger partial charge on any atom is 0.261 e. The lowest BCUT2D eigenvalue weighted by atomic mass is 10.2. The molecule has 0 fully saturated rings. The van der Waals surface area contributed by atoms with Crippen LogP contribution < -0.4 is 14.8 Å². The van der Waals surface area contributed by atoms with Crippen LogP contribution in [0.5, 0.6) is 5.75 Å². The average molecular weight is 382 g/mol. The van der Waals surface area contributed by atoms with Crippen molar-refractivity contribution in [2.75, 3.05) is 10.0 Å². The van der Waals surface area contributed by atoms with Gasteiger partial charge in [0.2, 0.25) is 0 Å². The minimum absolute atomic E-state index is 0.135. The van der Waals surface area contributed by atoms with Crippen molar-refractivity contribution in [3.8, 4) is 5.75 Å². The quantitative estimate of drug-likeness (QED) is 0.602. The smallest absolute Gasteiger partial charge is 0.261 e. The minimum Gasteiger partial charge on any atom is -0.491 e. The molecule has 0 saturated heterocycles. The number of ether oxygens (including phenoxy) is 1. The van der Waals surface area contributed by atoms with E-state index in [9.17, 15) is 8.42 Å². The second-order valence-corrected chi connectivity index (χ2v) is 7.99. The highest BCUT2D eigenvalue weighted by atomic mass is 32.2. The molecule has 3 aromatic carbocycles. The van der Waals surface area contributed by atoms with Gasteiger partial charge >= 0.3 is 0 Å². The van der Waals surface area contributed by atoms with Gasteiger partial charge in [-0.3, -0.25) is 4.72 Å². The molecule has 2 N–H and O–H groups in total. The van der Waals surface area contributed by atoms with Crippen LogP contribution in [0, 0.1) is 0 Å². The van der Waals surface area contributed by atoms with Crippen LogP contribution >= 0.6 is 0 Å². The molecule has 0 saturated carbocycles. The summed E-state index contributed by atoms with van der Waals surface area (Å²) in [6.45, 7) is 3.97. The molecule has 3 aromatic rings. The zero-order valence-electron chi connectivity index (χ0n) is 15.2. The number of sulfonamides is 1. The van der Waals surface area contributed by atoms with Crippen molar-refractivity contribution in [3.63, 3.8) is 0 Å². The lowest BCUT2D eigenvalue weighted by Gasteiger charge is -2.12. The molecule has 0 atom stereocenters. The van der Waals surface area contributed by atoms with E-state index in [1.54, 1.807) is 42.5 Å². The third kappa shape index (κ3) is 5.24. The van der Waals surface area contributed by atoms with Crippen LogP contribution in [-0.4, -0.2) is 14.5 Å². The van der Waals surface area contributed by atoms with Crippen LogP contribution in [0.1, 0.15) is 13.8 Å². The highest BCUT2D eigenvalue weighted by Crippen LogP contribution is 2.23. The monoisotopic (exact) mass is 382 g/mol. The highest BCUT2D eigenvalue weighted by Gasteiger charge is 2.13. The SMILES string of the molecule is CC(C)Oc1ccc(Nc2ccc(NS(=O)(=O)c3ccccc3)cc2)cc1. The van der Waals surface area contributed by atoms with E-state index >= 15 is 0 Å². The first-order chi connectivity index (χ1) is 12.9. The minimum atomic E-state index is -3.58. The van der Waals surface area contributed by atoms with E-state index in [2.05, 4.69) is 10.0 Å². The normalized spacial score (nSPS) is 11.2. The molecule has 0 aliphatic carbocycles. The van der Waals surface area contributed by atoms with Gasteiger partial charge in [-0.2, -0.15) is 0 Å². The largest absolute Gasteiger partial charge is 0.491 e. The van der Waals surface area contributed by atoms with E-state index in [0.717, 1.165) is 17.1 Å². The van der Waals surface area contributed by atoms with E-state index in [1.165, 1.54) is 0 Å². The fraction of sp³-hybridized carbons (Fsp3) is 0.143. The Morgan fingerprint density at radius 2 is 1.26 bits per heavy atom. The summed E-state index contributed by atoms with van der Waals surface area (Å²) in [5.74, 6) is 0.821. The molecule has 0 bridgehead atoms. The number of hydrogen-bond acceptors (Lipinski definition) is 4. The molecule has 0 amide bonds. The molecule has 0 heterocycles. The van der Waals surface area contributed by atoms with Crippen molar-refractivity contribution in [2.24, 2.45) is 0 Å². The van der Waals surface area contributed by atoms with E-state index in [4.69, 9.17) is 4.74 Å². The summed E-state index contributed by atoms with van der Waals surface area (Å²) in [7, 11) is -3.58. The lowest BCUT2D eigenvalue weighted by Crippen LogP contribution is -2.12. The zero-order chi connectivity index (χ0) is 19.3. The highest BCUT2D eigenvalue weighted by molar-refractivity contribution is 7.92. The summed E-state index contributed by atoms with van der Waals surface area (Å²) >= 11 is 0. The summed E-state index contributed by atoms with van der Waals surface area (Å²) in [4.78, 5) is 0.232. The van der Waals surface area contributed by atoms with Crippen LogP contribution in [0.3, 0.4) is 0 Å². The van der Waals surface area contributed by atoms with Crippen molar-refractivity contribution in [1.82, 2.24) is 0 Å². The van der Waals surface area contributed by atoms with Gasteiger partial charge in [-0.25, -0.2) is 8.42 Å². The van der Waals surface area contributed by atoms with E-state index in [1.807, 2.05) is 50.2 Å². The number of benzene rings is 3. The predicted octanol–water partition coefficient (Wildman–Crippen LogP) is 5.02. The predicted molar refractivity (Wildman–Crippen MR) is 109 cm³/mol. The Hall–Kier alpha value is -2.99. The third-order valence-corrected chi connectivity index (χ3v) is 5.10. The lowest BCUT2D eigenvalue weighted by molar-refractivity contribution is 0.242. The molecule has 5 nitrogen and oxygen atoms in total. The van der Waals surface area contributed by atoms with Crippen molar-refractivity contribution in [3.05, 3.63) is 78.9 Å². The van der Waals surface area contributed by atoms with Gasteiger partial charge in [0.05, 0.1) is 11.0 Å². The van der Waals surface area contributed by atoms with Crippen molar-refractivity contribution in [2.45, 2.75) is 24.8 Å². The molecule has 0 unspecified atom stereocenters. The van der Waals surface area contributed by atoms with Gasteiger partial charge in [-0.15, -0.1) is 0 Å². The first kappa shape index (κ1) is 18.8. The Balaban J connectivity index is 1.65. The zero-order valence-corrected chi connectivity index (χ0v) is 16.0. The molecule has 0 aliphatic heterocycles. The molecule has 0 aromatic heterocycles. The van der Waals surface area contributed by atoms with Crippen LogP contribution in [0.15, 0.2) is 83.8 Å². The van der Waals surface area contributed by atoms with Gasteiger partial charge in [-0.05, 0) is 74.5 Å².